The van der Waals surface area contributed by atoms with Crippen molar-refractivity contribution < 1.29 is 14.3 Å². The lowest BCUT2D eigenvalue weighted by molar-refractivity contribution is -0.132. The number of carbonyl (C=O) groups excluding carboxylic acids is 2. The summed E-state index contributed by atoms with van der Waals surface area (Å²) in [5.41, 5.74) is -0.507. The molecule has 0 aliphatic carbocycles. The van der Waals surface area contributed by atoms with E-state index in [0.29, 0.717) is 19.6 Å². The van der Waals surface area contributed by atoms with Crippen LogP contribution in [-0.4, -0.2) is 54.2 Å². The van der Waals surface area contributed by atoms with Crippen LogP contribution in [0, 0.1) is 0 Å². The van der Waals surface area contributed by atoms with Crippen molar-refractivity contribution in [2.24, 2.45) is 0 Å². The van der Waals surface area contributed by atoms with Gasteiger partial charge in [-0.2, -0.15) is 0 Å². The van der Waals surface area contributed by atoms with E-state index in [9.17, 15) is 9.59 Å². The fourth-order valence-electron chi connectivity index (χ4n) is 1.92. The van der Waals surface area contributed by atoms with E-state index in [0.717, 1.165) is 0 Å². The molecule has 0 fully saturated rings. The predicted octanol–water partition coefficient (Wildman–Crippen LogP) is 1.75. The molecular formula is C15H31N3O3. The normalized spacial score (nSPS) is 14.2. The summed E-state index contributed by atoms with van der Waals surface area (Å²) < 4.78 is 5.16. The maximum absolute atomic E-state index is 12.1. The quantitative estimate of drug-likeness (QED) is 0.751. The lowest BCUT2D eigenvalue weighted by atomic mass is 10.2. The Bertz CT molecular complexity index is 336. The van der Waals surface area contributed by atoms with Crippen molar-refractivity contribution in [3.8, 4) is 0 Å². The summed E-state index contributed by atoms with van der Waals surface area (Å²) in [6.45, 7) is 14.9. The molecule has 0 spiro atoms. The summed E-state index contributed by atoms with van der Waals surface area (Å²) in [5.74, 6) is 0.0733. The Hall–Kier alpha value is -1.30. The third-order valence-corrected chi connectivity index (χ3v) is 2.93. The molecule has 0 aliphatic heterocycles. The monoisotopic (exact) mass is 301 g/mol. The van der Waals surface area contributed by atoms with E-state index in [1.807, 2.05) is 48.5 Å². The number of nitrogens with one attached hydrogen (secondary N) is 2. The summed E-state index contributed by atoms with van der Waals surface area (Å²) in [4.78, 5) is 25.4. The van der Waals surface area contributed by atoms with Crippen LogP contribution in [0.1, 0.15) is 48.5 Å². The van der Waals surface area contributed by atoms with Crippen LogP contribution in [0.3, 0.4) is 0 Å². The molecule has 0 rings (SSSR count). The highest BCUT2D eigenvalue weighted by atomic mass is 16.6. The average Bonchev–Trinajstić information content (AvgIpc) is 2.35. The van der Waals surface area contributed by atoms with Crippen molar-refractivity contribution in [2.75, 3.05) is 19.6 Å². The second kappa shape index (κ2) is 8.87. The Morgan fingerprint density at radius 3 is 2.10 bits per heavy atom. The van der Waals surface area contributed by atoms with Crippen molar-refractivity contribution in [2.45, 2.75) is 66.2 Å². The SMILES string of the molecule is CCN(CC)C(=O)C(C)NC(C)CNC(=O)OC(C)(C)C. The van der Waals surface area contributed by atoms with Gasteiger partial charge in [-0.25, -0.2) is 4.79 Å². The smallest absolute Gasteiger partial charge is 0.407 e. The molecule has 124 valence electrons. The van der Waals surface area contributed by atoms with Gasteiger partial charge in [0.25, 0.3) is 0 Å². The minimum Gasteiger partial charge on any atom is -0.444 e. The van der Waals surface area contributed by atoms with Crippen LogP contribution in [0.25, 0.3) is 0 Å². The molecule has 21 heavy (non-hydrogen) atoms. The van der Waals surface area contributed by atoms with E-state index < -0.39 is 11.7 Å². The molecule has 0 heterocycles. The lowest BCUT2D eigenvalue weighted by Crippen LogP contribution is -2.50. The molecule has 0 aliphatic rings. The molecule has 0 saturated carbocycles. The maximum atomic E-state index is 12.1. The minimum absolute atomic E-state index is 0.0213. The predicted molar refractivity (Wildman–Crippen MR) is 84.2 cm³/mol. The van der Waals surface area contributed by atoms with Crippen molar-refractivity contribution in [1.82, 2.24) is 15.5 Å². The number of hydrogen-bond acceptors (Lipinski definition) is 4. The first-order valence-corrected chi connectivity index (χ1v) is 7.62. The molecule has 0 aromatic rings. The maximum Gasteiger partial charge on any atom is 0.407 e. The molecule has 0 radical (unpaired) electrons. The number of likely N-dealkylation sites (N-methyl/N-ethyl adjacent to an activating group) is 1. The topological polar surface area (TPSA) is 70.7 Å². The molecule has 6 nitrogen and oxygen atoms in total. The second-order valence-electron chi connectivity index (χ2n) is 6.18. The van der Waals surface area contributed by atoms with Gasteiger partial charge in [0, 0.05) is 25.7 Å². The van der Waals surface area contributed by atoms with Gasteiger partial charge in [-0.05, 0) is 48.5 Å². The molecule has 2 N–H and O–H groups in total. The number of amides is 2. The van der Waals surface area contributed by atoms with Crippen LogP contribution in [0.4, 0.5) is 4.79 Å². The summed E-state index contributed by atoms with van der Waals surface area (Å²) in [7, 11) is 0. The van der Waals surface area contributed by atoms with Gasteiger partial charge in [0.05, 0.1) is 6.04 Å². The van der Waals surface area contributed by atoms with Gasteiger partial charge in [-0.1, -0.05) is 0 Å². The highest BCUT2D eigenvalue weighted by Crippen LogP contribution is 2.06. The fraction of sp³-hybridized carbons (Fsp3) is 0.867. The first-order valence-electron chi connectivity index (χ1n) is 7.62. The second-order valence-corrected chi connectivity index (χ2v) is 6.18. The van der Waals surface area contributed by atoms with Crippen LogP contribution in [0.15, 0.2) is 0 Å². The van der Waals surface area contributed by atoms with Crippen molar-refractivity contribution in [1.29, 1.82) is 0 Å². The molecule has 0 aromatic heterocycles. The highest BCUT2D eigenvalue weighted by molar-refractivity contribution is 5.81. The zero-order valence-corrected chi connectivity index (χ0v) is 14.4. The Morgan fingerprint density at radius 2 is 1.67 bits per heavy atom. The molecule has 6 heteroatoms. The van der Waals surface area contributed by atoms with Crippen LogP contribution in [0.5, 0.6) is 0 Å². The number of carbonyl (C=O) groups is 2. The number of hydrogen-bond donors (Lipinski definition) is 2. The van der Waals surface area contributed by atoms with Crippen LogP contribution < -0.4 is 10.6 Å². The molecule has 0 bridgehead atoms. The minimum atomic E-state index is -0.507. The van der Waals surface area contributed by atoms with E-state index >= 15 is 0 Å². The summed E-state index contributed by atoms with van der Waals surface area (Å²) >= 11 is 0. The third kappa shape index (κ3) is 8.55. The number of alkyl carbamates (subject to hydrolysis) is 1. The van der Waals surface area contributed by atoms with E-state index in [1.54, 1.807) is 4.90 Å². The third-order valence-electron chi connectivity index (χ3n) is 2.93. The first-order chi connectivity index (χ1) is 9.60. The van der Waals surface area contributed by atoms with E-state index in [1.165, 1.54) is 0 Å². The molecule has 2 amide bonds. The number of ether oxygens (including phenoxy) is 1. The Morgan fingerprint density at radius 1 is 1.14 bits per heavy atom. The highest BCUT2D eigenvalue weighted by Gasteiger charge is 2.20. The molecule has 0 saturated heterocycles. The zero-order valence-electron chi connectivity index (χ0n) is 14.4. The van der Waals surface area contributed by atoms with Gasteiger partial charge < -0.3 is 20.3 Å². The van der Waals surface area contributed by atoms with Crippen molar-refractivity contribution in [3.05, 3.63) is 0 Å². The van der Waals surface area contributed by atoms with Crippen LogP contribution in [-0.2, 0) is 9.53 Å². The van der Waals surface area contributed by atoms with Crippen molar-refractivity contribution >= 4 is 12.0 Å². The van der Waals surface area contributed by atoms with Gasteiger partial charge in [0.15, 0.2) is 0 Å². The Labute approximate surface area is 128 Å². The standard InChI is InChI=1S/C15H31N3O3/c1-8-18(9-2)13(19)12(4)17-11(3)10-16-14(20)21-15(5,6)7/h11-12,17H,8-10H2,1-7H3,(H,16,20). The molecule has 2 unspecified atom stereocenters. The Kier molecular flexibility index (Phi) is 8.32. The van der Waals surface area contributed by atoms with Crippen LogP contribution in [0.2, 0.25) is 0 Å². The van der Waals surface area contributed by atoms with Gasteiger partial charge in [-0.15, -0.1) is 0 Å². The number of nitrogens with zero attached hydrogens (tertiary/aromatic N) is 1. The fourth-order valence-corrected chi connectivity index (χ4v) is 1.92. The molecular weight excluding hydrogens is 270 g/mol. The summed E-state index contributed by atoms with van der Waals surface area (Å²) in [5, 5.41) is 5.88. The largest absolute Gasteiger partial charge is 0.444 e. The first kappa shape index (κ1) is 19.7. The summed E-state index contributed by atoms with van der Waals surface area (Å²) in [6, 6.07) is -0.299. The van der Waals surface area contributed by atoms with E-state index in [-0.39, 0.29) is 18.0 Å². The van der Waals surface area contributed by atoms with E-state index in [4.69, 9.17) is 4.74 Å². The van der Waals surface area contributed by atoms with Gasteiger partial charge in [-0.3, -0.25) is 4.79 Å². The average molecular weight is 301 g/mol. The zero-order chi connectivity index (χ0) is 16.6. The van der Waals surface area contributed by atoms with Gasteiger partial charge in [0.2, 0.25) is 5.91 Å². The van der Waals surface area contributed by atoms with E-state index in [2.05, 4.69) is 10.6 Å². The molecule has 2 atom stereocenters. The van der Waals surface area contributed by atoms with Gasteiger partial charge in [0.1, 0.15) is 5.60 Å². The van der Waals surface area contributed by atoms with Crippen LogP contribution >= 0.6 is 0 Å². The van der Waals surface area contributed by atoms with Crippen molar-refractivity contribution in [3.63, 3.8) is 0 Å². The Balaban J connectivity index is 4.17. The van der Waals surface area contributed by atoms with Gasteiger partial charge >= 0.3 is 6.09 Å². The summed E-state index contributed by atoms with van der Waals surface area (Å²) in [6.07, 6.45) is -0.445. The number of rotatable bonds is 7. The lowest BCUT2D eigenvalue weighted by Gasteiger charge is -2.26. The molecule has 0 aromatic carbocycles.